The van der Waals surface area contributed by atoms with Gasteiger partial charge in [-0.1, -0.05) is 224 Å². The second-order valence-electron chi connectivity index (χ2n) is 19.0. The molecular formula is C68H44N2. The molecule has 2 aliphatic carbocycles. The molecule has 0 unspecified atom stereocenters. The van der Waals surface area contributed by atoms with Crippen molar-refractivity contribution in [3.05, 3.63) is 311 Å². The number of nitrogens with zero attached hydrogens (tertiary/aromatic N) is 2. The highest BCUT2D eigenvalue weighted by Crippen LogP contribution is 2.60. The van der Waals surface area contributed by atoms with Gasteiger partial charge in [0.2, 0.25) is 0 Å². The Bertz CT molecular complexity index is 3870. The summed E-state index contributed by atoms with van der Waals surface area (Å²) in [7, 11) is 0. The van der Waals surface area contributed by atoms with Gasteiger partial charge in [0.1, 0.15) is 0 Å². The second-order valence-corrected chi connectivity index (χ2v) is 19.0. The molecule has 0 spiro atoms. The third-order valence-corrected chi connectivity index (χ3v) is 15.9. The van der Waals surface area contributed by atoms with Crippen LogP contribution in [0.15, 0.2) is 267 Å². The van der Waals surface area contributed by atoms with Crippen molar-refractivity contribution in [2.75, 3.05) is 0 Å². The molecule has 0 aliphatic heterocycles. The number of aromatic nitrogens is 2. The summed E-state index contributed by atoms with van der Waals surface area (Å²) in [4.78, 5) is 0. The van der Waals surface area contributed by atoms with Gasteiger partial charge in [0.05, 0.1) is 32.9 Å². The van der Waals surface area contributed by atoms with Crippen molar-refractivity contribution in [2.24, 2.45) is 0 Å². The Kier molecular flexibility index (Phi) is 8.24. The summed E-state index contributed by atoms with van der Waals surface area (Å²) in [5.74, 6) is 0. The van der Waals surface area contributed by atoms with E-state index in [0.29, 0.717) is 0 Å². The third kappa shape index (κ3) is 5.02. The molecular weight excluding hydrogens is 845 g/mol. The smallest absolute Gasteiger partial charge is 0.0713 e. The highest BCUT2D eigenvalue weighted by Gasteiger charge is 2.48. The molecule has 0 fully saturated rings. The number of para-hydroxylation sites is 2. The van der Waals surface area contributed by atoms with Gasteiger partial charge in [-0.15, -0.1) is 0 Å². The average molecular weight is 889 g/mol. The van der Waals surface area contributed by atoms with Crippen molar-refractivity contribution in [3.63, 3.8) is 0 Å². The van der Waals surface area contributed by atoms with E-state index in [1.54, 1.807) is 0 Å². The van der Waals surface area contributed by atoms with E-state index in [2.05, 4.69) is 276 Å². The molecule has 2 nitrogen and oxygen atoms in total. The van der Waals surface area contributed by atoms with Gasteiger partial charge in [-0.05, 0) is 109 Å². The molecule has 0 saturated heterocycles. The van der Waals surface area contributed by atoms with Gasteiger partial charge in [0.25, 0.3) is 0 Å². The van der Waals surface area contributed by atoms with Gasteiger partial charge in [-0.25, -0.2) is 0 Å². The minimum atomic E-state index is -0.481. The molecule has 0 N–H and O–H groups in total. The molecule has 11 aromatic carbocycles. The first-order chi connectivity index (χ1) is 34.8. The summed E-state index contributed by atoms with van der Waals surface area (Å²) in [6.07, 6.45) is 0. The Morgan fingerprint density at radius 2 is 0.586 bits per heavy atom. The van der Waals surface area contributed by atoms with Crippen molar-refractivity contribution in [1.82, 2.24) is 9.13 Å². The zero-order valence-corrected chi connectivity index (χ0v) is 38.3. The van der Waals surface area contributed by atoms with Gasteiger partial charge >= 0.3 is 0 Å². The Balaban J connectivity index is 0.984. The maximum absolute atomic E-state index is 2.50. The standard InChI is InChI=1S/C68H44N2/c1-5-22-45(23-6-1)67(46-24-7-2-8-25-46)55-36-17-13-32-51(55)63-57(67)40-42-61-65(63)53-34-15-19-38-59(53)69(61)49-30-21-31-50(44-49)70-60-39-20-16-35-54(60)66-62(70)43-41-58-64(66)52-33-14-18-37-56(52)68(58,47-26-9-3-10-27-47)48-28-11-4-12-29-48/h1-44H. The lowest BCUT2D eigenvalue weighted by molar-refractivity contribution is 0.769. The van der Waals surface area contributed by atoms with Gasteiger partial charge in [0.15, 0.2) is 0 Å². The van der Waals surface area contributed by atoms with Crippen LogP contribution in [0.1, 0.15) is 44.5 Å². The van der Waals surface area contributed by atoms with Gasteiger partial charge < -0.3 is 9.13 Å². The van der Waals surface area contributed by atoms with Crippen molar-refractivity contribution >= 4 is 43.6 Å². The maximum Gasteiger partial charge on any atom is 0.0713 e. The summed E-state index contributed by atoms with van der Waals surface area (Å²) in [5, 5.41) is 5.06. The number of hydrogen-bond donors (Lipinski definition) is 0. The molecule has 0 amide bonds. The van der Waals surface area contributed by atoms with Crippen LogP contribution in [-0.4, -0.2) is 9.13 Å². The first-order valence-electron chi connectivity index (χ1n) is 24.4. The molecule has 2 heterocycles. The SMILES string of the molecule is c1ccc(C2(c3ccccc3)c3ccccc3-c3c2ccc2c3c3ccccc3n2-c2cccc(-n3c4ccccc4c4c5c(ccc43)C(c3ccccc3)(c3ccccc3)c3ccccc3-5)c2)cc1. The van der Waals surface area contributed by atoms with Crippen LogP contribution < -0.4 is 0 Å². The van der Waals surface area contributed by atoms with Crippen LogP contribution in [0.5, 0.6) is 0 Å². The quantitative estimate of drug-likeness (QED) is 0.157. The summed E-state index contributed by atoms with van der Waals surface area (Å²) in [6, 6.07) is 99.5. The van der Waals surface area contributed by atoms with Crippen LogP contribution in [0.2, 0.25) is 0 Å². The van der Waals surface area contributed by atoms with Crippen LogP contribution in [0.4, 0.5) is 0 Å². The number of fused-ring (bicyclic) bond motifs is 14. The monoisotopic (exact) mass is 888 g/mol. The number of hydrogen-bond acceptors (Lipinski definition) is 0. The van der Waals surface area contributed by atoms with Crippen molar-refractivity contribution in [3.8, 4) is 33.6 Å². The van der Waals surface area contributed by atoms with E-state index in [-0.39, 0.29) is 0 Å². The largest absolute Gasteiger partial charge is 0.309 e. The molecule has 2 aromatic heterocycles. The van der Waals surface area contributed by atoms with E-state index in [1.165, 1.54) is 110 Å². The van der Waals surface area contributed by atoms with E-state index in [4.69, 9.17) is 0 Å². The predicted octanol–water partition coefficient (Wildman–Crippen LogP) is 16.6. The first-order valence-corrected chi connectivity index (χ1v) is 24.4. The second kappa shape index (κ2) is 14.8. The average Bonchev–Trinajstić information content (AvgIpc) is 4.15. The molecule has 2 aliphatic rings. The minimum Gasteiger partial charge on any atom is -0.309 e. The zero-order chi connectivity index (χ0) is 46.0. The lowest BCUT2D eigenvalue weighted by Crippen LogP contribution is -2.28. The molecule has 0 radical (unpaired) electrons. The third-order valence-electron chi connectivity index (χ3n) is 15.9. The van der Waals surface area contributed by atoms with Crippen LogP contribution >= 0.6 is 0 Å². The lowest BCUT2D eigenvalue weighted by Gasteiger charge is -2.33. The fourth-order valence-electron chi connectivity index (χ4n) is 13.3. The Labute approximate surface area is 406 Å². The molecule has 0 atom stereocenters. The normalized spacial score (nSPS) is 13.9. The predicted molar refractivity (Wildman–Crippen MR) is 290 cm³/mol. The molecule has 326 valence electrons. The van der Waals surface area contributed by atoms with E-state index < -0.39 is 10.8 Å². The minimum absolute atomic E-state index is 0.481. The maximum atomic E-state index is 2.50. The molecule has 2 heteroatoms. The Morgan fingerprint density at radius 3 is 0.986 bits per heavy atom. The van der Waals surface area contributed by atoms with Crippen LogP contribution in [0.25, 0.3) is 77.2 Å². The molecule has 13 aromatic rings. The summed E-state index contributed by atoms with van der Waals surface area (Å²) < 4.78 is 5.00. The molecule has 0 saturated carbocycles. The van der Waals surface area contributed by atoms with Gasteiger partial charge in [-0.2, -0.15) is 0 Å². The van der Waals surface area contributed by atoms with E-state index in [9.17, 15) is 0 Å². The lowest BCUT2D eigenvalue weighted by atomic mass is 9.67. The van der Waals surface area contributed by atoms with Crippen molar-refractivity contribution in [1.29, 1.82) is 0 Å². The molecule has 0 bridgehead atoms. The van der Waals surface area contributed by atoms with E-state index in [0.717, 1.165) is 11.4 Å². The summed E-state index contributed by atoms with van der Waals surface area (Å²) in [5.41, 5.74) is 21.6. The van der Waals surface area contributed by atoms with E-state index >= 15 is 0 Å². The topological polar surface area (TPSA) is 9.86 Å². The summed E-state index contributed by atoms with van der Waals surface area (Å²) in [6.45, 7) is 0. The van der Waals surface area contributed by atoms with Gasteiger partial charge in [-0.3, -0.25) is 0 Å². The highest BCUT2D eigenvalue weighted by atomic mass is 15.0. The fourth-order valence-corrected chi connectivity index (χ4v) is 13.3. The Hall–Kier alpha value is -8.98. The highest BCUT2D eigenvalue weighted by molar-refractivity contribution is 6.20. The van der Waals surface area contributed by atoms with Crippen molar-refractivity contribution < 1.29 is 0 Å². The van der Waals surface area contributed by atoms with Crippen LogP contribution in [0, 0.1) is 0 Å². The van der Waals surface area contributed by atoms with Gasteiger partial charge in [0, 0.05) is 32.9 Å². The molecule has 15 rings (SSSR count). The number of benzene rings is 11. The van der Waals surface area contributed by atoms with Crippen molar-refractivity contribution in [2.45, 2.75) is 10.8 Å². The Morgan fingerprint density at radius 1 is 0.243 bits per heavy atom. The fraction of sp³-hybridized carbons (Fsp3) is 0.0294. The molecule has 70 heavy (non-hydrogen) atoms. The summed E-state index contributed by atoms with van der Waals surface area (Å²) >= 11 is 0. The van der Waals surface area contributed by atoms with E-state index in [1.807, 2.05) is 0 Å². The zero-order valence-electron chi connectivity index (χ0n) is 38.3. The van der Waals surface area contributed by atoms with Crippen LogP contribution in [-0.2, 0) is 10.8 Å². The van der Waals surface area contributed by atoms with Crippen LogP contribution in [0.3, 0.4) is 0 Å². The number of rotatable bonds is 6. The first kappa shape index (κ1) is 39.1.